The van der Waals surface area contributed by atoms with Crippen molar-refractivity contribution in [1.29, 1.82) is 0 Å². The molecule has 3 aromatic rings. The summed E-state index contributed by atoms with van der Waals surface area (Å²) in [4.78, 5) is 27.3. The van der Waals surface area contributed by atoms with E-state index in [4.69, 9.17) is 14.4 Å². The molecule has 0 unspecified atom stereocenters. The summed E-state index contributed by atoms with van der Waals surface area (Å²) < 4.78 is 24.6. The maximum Gasteiger partial charge on any atom is 0.341 e. The van der Waals surface area contributed by atoms with Crippen molar-refractivity contribution in [2.75, 3.05) is 20.2 Å². The van der Waals surface area contributed by atoms with Crippen molar-refractivity contribution in [3.8, 4) is 17.1 Å². The van der Waals surface area contributed by atoms with Gasteiger partial charge in [0.05, 0.1) is 7.11 Å². The average molecular weight is 485 g/mol. The largest absolute Gasteiger partial charge is 0.496 e. The van der Waals surface area contributed by atoms with Crippen LogP contribution in [0.4, 0.5) is 4.39 Å². The van der Waals surface area contributed by atoms with Gasteiger partial charge in [-0.05, 0) is 75.4 Å². The Morgan fingerprint density at radius 3 is 2.69 bits per heavy atom. The van der Waals surface area contributed by atoms with Crippen LogP contribution in [0.3, 0.4) is 0 Å². The first-order valence-corrected chi connectivity index (χ1v) is 11.8. The molecule has 35 heavy (non-hydrogen) atoms. The first-order chi connectivity index (χ1) is 17.0. The molecular weight excluding hydrogens is 455 g/mol. The van der Waals surface area contributed by atoms with Crippen LogP contribution in [0, 0.1) is 11.7 Å². The highest BCUT2D eigenvalue weighted by atomic mass is 19.1. The summed E-state index contributed by atoms with van der Waals surface area (Å²) in [6.07, 6.45) is 5.57. The number of aromatic carboxylic acids is 1. The lowest BCUT2D eigenvalue weighted by Crippen LogP contribution is -2.29. The number of hydrogen-bond donors (Lipinski definition) is 2. The molecule has 5 rings (SSSR count). The molecule has 0 aliphatic carbocycles. The Morgan fingerprint density at radius 2 is 2.00 bits per heavy atom. The second-order valence-electron chi connectivity index (χ2n) is 8.70. The molecule has 4 heterocycles. The topological polar surface area (TPSA) is 119 Å². The Balaban J connectivity index is 0.000000168. The molecule has 2 aromatic heterocycles. The number of hydrogen-bond acceptors (Lipinski definition) is 7. The Labute approximate surface area is 201 Å². The van der Waals surface area contributed by atoms with Crippen LogP contribution in [0.1, 0.15) is 47.6 Å². The summed E-state index contributed by atoms with van der Waals surface area (Å²) in [7, 11) is 1.38. The van der Waals surface area contributed by atoms with E-state index in [1.54, 1.807) is 12.1 Å². The van der Waals surface area contributed by atoms with Crippen LogP contribution in [0.5, 0.6) is 5.75 Å². The molecule has 0 radical (unpaired) electrons. The van der Waals surface area contributed by atoms with Gasteiger partial charge in [0.15, 0.2) is 0 Å². The van der Waals surface area contributed by atoms with E-state index < -0.39 is 5.97 Å². The first kappa shape index (κ1) is 24.6. The summed E-state index contributed by atoms with van der Waals surface area (Å²) in [6.45, 7) is 2.71. The second kappa shape index (κ2) is 11.3. The molecular formula is C25H29FN4O5. The number of nitrogens with zero attached hydrogens (tertiary/aromatic N) is 3. The molecule has 1 saturated heterocycles. The molecule has 10 heteroatoms. The molecule has 0 saturated carbocycles. The van der Waals surface area contributed by atoms with Gasteiger partial charge in [-0.15, -0.1) is 0 Å². The number of ether oxygens (including phenoxy) is 1. The van der Waals surface area contributed by atoms with Gasteiger partial charge in [0.2, 0.25) is 11.7 Å². The smallest absolute Gasteiger partial charge is 0.341 e. The number of pyridine rings is 1. The Kier molecular flexibility index (Phi) is 7.91. The lowest BCUT2D eigenvalue weighted by atomic mass is 9.95. The molecule has 2 aliphatic rings. The monoisotopic (exact) mass is 484 g/mol. The summed E-state index contributed by atoms with van der Waals surface area (Å²) in [5, 5.41) is 16.4. The SMILES string of the molecule is COc1cc(=O)n2c(c1C(=O)O)CCCC2.Fc1ccc(-c2noc(CC3CCNCC3)n2)cc1. The molecule has 0 bridgehead atoms. The number of rotatable bonds is 5. The van der Waals surface area contributed by atoms with Gasteiger partial charge >= 0.3 is 5.97 Å². The zero-order chi connectivity index (χ0) is 24.8. The standard InChI is InChI=1S/C14H16FN3O.C11H13NO4/c15-12-3-1-11(2-4-12)14-17-13(19-18-14)9-10-5-7-16-8-6-10;1-16-8-6-9(13)12-5-3-2-4-7(12)10(8)11(14)15/h1-4,10,16H,5-9H2;6H,2-5H2,1H3,(H,14,15). The number of nitrogens with one attached hydrogen (secondary N) is 1. The summed E-state index contributed by atoms with van der Waals surface area (Å²) in [6, 6.07) is 7.37. The number of fused-ring (bicyclic) bond motifs is 1. The van der Waals surface area contributed by atoms with Crippen molar-refractivity contribution >= 4 is 5.97 Å². The van der Waals surface area contributed by atoms with Crippen LogP contribution in [0.2, 0.25) is 0 Å². The minimum atomic E-state index is -1.04. The maximum absolute atomic E-state index is 12.8. The molecule has 2 N–H and O–H groups in total. The fourth-order valence-electron chi connectivity index (χ4n) is 4.52. The minimum absolute atomic E-state index is 0.127. The van der Waals surface area contributed by atoms with Crippen LogP contribution in [-0.2, 0) is 19.4 Å². The summed E-state index contributed by atoms with van der Waals surface area (Å²) in [5.41, 5.74) is 1.31. The summed E-state index contributed by atoms with van der Waals surface area (Å²) in [5.74, 6) is 0.674. The second-order valence-corrected chi connectivity index (χ2v) is 8.70. The van der Waals surface area contributed by atoms with E-state index in [9.17, 15) is 14.0 Å². The fourth-order valence-corrected chi connectivity index (χ4v) is 4.52. The van der Waals surface area contributed by atoms with E-state index in [2.05, 4.69) is 15.5 Å². The van der Waals surface area contributed by atoms with Gasteiger partial charge < -0.3 is 24.3 Å². The van der Waals surface area contributed by atoms with Crippen molar-refractivity contribution < 1.29 is 23.6 Å². The van der Waals surface area contributed by atoms with Crippen molar-refractivity contribution in [3.63, 3.8) is 0 Å². The predicted molar refractivity (Wildman–Crippen MR) is 126 cm³/mol. The normalized spacial score (nSPS) is 15.6. The number of methoxy groups -OCH3 is 1. The molecule has 0 amide bonds. The predicted octanol–water partition coefficient (Wildman–Crippen LogP) is 3.31. The Hall–Kier alpha value is -3.53. The van der Waals surface area contributed by atoms with Crippen LogP contribution in [-0.4, -0.2) is 46.0 Å². The van der Waals surface area contributed by atoms with Gasteiger partial charge in [-0.2, -0.15) is 4.98 Å². The Morgan fingerprint density at radius 1 is 1.26 bits per heavy atom. The van der Waals surface area contributed by atoms with E-state index in [1.807, 2.05) is 0 Å². The average Bonchev–Trinajstić information content (AvgIpc) is 3.33. The van der Waals surface area contributed by atoms with Gasteiger partial charge in [0, 0.05) is 30.3 Å². The molecule has 186 valence electrons. The quantitative estimate of drug-likeness (QED) is 0.566. The number of carbonyl (C=O) groups is 1. The van der Waals surface area contributed by atoms with Crippen molar-refractivity contribution in [1.82, 2.24) is 20.0 Å². The summed E-state index contributed by atoms with van der Waals surface area (Å²) >= 11 is 0. The lowest BCUT2D eigenvalue weighted by molar-refractivity contribution is 0.0690. The van der Waals surface area contributed by atoms with Gasteiger partial charge in [-0.1, -0.05) is 5.16 Å². The zero-order valence-electron chi connectivity index (χ0n) is 19.6. The van der Waals surface area contributed by atoms with Gasteiger partial charge in [0.25, 0.3) is 5.56 Å². The number of carboxylic acid groups (broad SMARTS) is 1. The molecule has 2 aliphatic heterocycles. The molecule has 0 atom stereocenters. The highest BCUT2D eigenvalue weighted by molar-refractivity contribution is 5.92. The minimum Gasteiger partial charge on any atom is -0.496 e. The van der Waals surface area contributed by atoms with E-state index in [0.29, 0.717) is 36.3 Å². The zero-order valence-corrected chi connectivity index (χ0v) is 19.6. The van der Waals surface area contributed by atoms with Gasteiger partial charge in [0.1, 0.15) is 17.1 Å². The highest BCUT2D eigenvalue weighted by Gasteiger charge is 2.23. The van der Waals surface area contributed by atoms with Crippen molar-refractivity contribution in [2.45, 2.75) is 45.1 Å². The number of halogens is 1. The lowest BCUT2D eigenvalue weighted by Gasteiger charge is -2.21. The Bertz CT molecular complexity index is 1220. The van der Waals surface area contributed by atoms with Gasteiger partial charge in [-0.25, -0.2) is 9.18 Å². The van der Waals surface area contributed by atoms with Crippen LogP contribution >= 0.6 is 0 Å². The van der Waals surface area contributed by atoms with Gasteiger partial charge in [-0.3, -0.25) is 4.79 Å². The van der Waals surface area contributed by atoms with Crippen LogP contribution in [0.15, 0.2) is 39.6 Å². The number of carboxylic acids is 1. The molecule has 9 nitrogen and oxygen atoms in total. The van der Waals surface area contributed by atoms with Crippen LogP contribution in [0.25, 0.3) is 11.4 Å². The highest BCUT2D eigenvalue weighted by Crippen LogP contribution is 2.25. The van der Waals surface area contributed by atoms with Crippen molar-refractivity contribution in [3.05, 3.63) is 63.7 Å². The van der Waals surface area contributed by atoms with E-state index in [-0.39, 0.29) is 22.7 Å². The van der Waals surface area contributed by atoms with E-state index in [1.165, 1.54) is 29.9 Å². The number of benzene rings is 1. The fraction of sp³-hybridized carbons (Fsp3) is 0.440. The van der Waals surface area contributed by atoms with Crippen molar-refractivity contribution in [2.24, 2.45) is 5.92 Å². The third-order valence-electron chi connectivity index (χ3n) is 6.35. The number of piperidine rings is 1. The first-order valence-electron chi connectivity index (χ1n) is 11.8. The van der Waals surface area contributed by atoms with E-state index >= 15 is 0 Å². The third kappa shape index (κ3) is 5.94. The molecule has 1 aromatic carbocycles. The number of aromatic nitrogens is 3. The van der Waals surface area contributed by atoms with Crippen LogP contribution < -0.4 is 15.6 Å². The molecule has 0 spiro atoms. The van der Waals surface area contributed by atoms with E-state index in [0.717, 1.165) is 50.8 Å². The molecule has 1 fully saturated rings. The maximum atomic E-state index is 12.8. The third-order valence-corrected chi connectivity index (χ3v) is 6.35.